The highest BCUT2D eigenvalue weighted by molar-refractivity contribution is 7.71. The van der Waals surface area contributed by atoms with Gasteiger partial charge in [-0.15, -0.1) is 0 Å². The van der Waals surface area contributed by atoms with Crippen LogP contribution in [0, 0.1) is 16.1 Å². The van der Waals surface area contributed by atoms with Crippen molar-refractivity contribution >= 4 is 30.1 Å². The number of amides is 4. The average molecular weight is 421 g/mol. The van der Waals surface area contributed by atoms with Gasteiger partial charge in [0.2, 0.25) is 5.91 Å². The van der Waals surface area contributed by atoms with Crippen molar-refractivity contribution in [3.05, 3.63) is 10.6 Å². The molecule has 4 amide bonds. The molecule has 3 N–H and O–H groups in total. The van der Waals surface area contributed by atoms with E-state index in [1.807, 2.05) is 4.57 Å². The number of nitrogens with one attached hydrogen (secondary N) is 3. The average Bonchev–Trinajstić information content (AvgIpc) is 3.33. The number of urea groups is 1. The van der Waals surface area contributed by atoms with Gasteiger partial charge in [0.1, 0.15) is 12.1 Å². The second-order valence-electron chi connectivity index (χ2n) is 9.58. The zero-order valence-corrected chi connectivity index (χ0v) is 17.9. The lowest BCUT2D eigenvalue weighted by atomic mass is 9.64. The minimum atomic E-state index is -0.896. The van der Waals surface area contributed by atoms with E-state index in [1.54, 1.807) is 0 Å². The number of nitrogens with zero attached hydrogens (tertiary/aromatic N) is 3. The first-order valence-corrected chi connectivity index (χ1v) is 10.6. The lowest BCUT2D eigenvalue weighted by Crippen LogP contribution is -2.54. The first-order chi connectivity index (χ1) is 13.6. The maximum absolute atomic E-state index is 13.1. The molecule has 0 radical (unpaired) electrons. The maximum atomic E-state index is 13.1. The fraction of sp³-hybridized carbons (Fsp3) is 0.737. The molecule has 1 aromatic rings. The molecule has 1 spiro atoms. The van der Waals surface area contributed by atoms with Crippen LogP contribution >= 0.6 is 12.2 Å². The van der Waals surface area contributed by atoms with Gasteiger partial charge in [0, 0.05) is 6.04 Å². The van der Waals surface area contributed by atoms with Crippen molar-refractivity contribution < 1.29 is 14.4 Å². The lowest BCUT2D eigenvalue weighted by molar-refractivity contribution is -0.137. The molecule has 2 atom stereocenters. The van der Waals surface area contributed by atoms with Crippen molar-refractivity contribution in [3.8, 4) is 0 Å². The largest absolute Gasteiger partial charge is 0.347 e. The van der Waals surface area contributed by atoms with E-state index >= 15 is 0 Å². The van der Waals surface area contributed by atoms with E-state index < -0.39 is 17.5 Å². The Hall–Kier alpha value is -2.23. The SMILES string of the molecule is CC1CC(C)(C)CC2(C1)NC(=O)N(CC(=O)NCc1n[nH]c(=S)n1C1CC1)C2=O. The van der Waals surface area contributed by atoms with E-state index in [-0.39, 0.29) is 24.4 Å². The fourth-order valence-corrected chi connectivity index (χ4v) is 5.50. The van der Waals surface area contributed by atoms with Gasteiger partial charge in [-0.05, 0) is 55.7 Å². The van der Waals surface area contributed by atoms with Gasteiger partial charge in [-0.25, -0.2) is 4.79 Å². The number of imide groups is 1. The van der Waals surface area contributed by atoms with Crippen LogP contribution < -0.4 is 10.6 Å². The molecule has 3 fully saturated rings. The maximum Gasteiger partial charge on any atom is 0.325 e. The third-order valence-electron chi connectivity index (χ3n) is 6.06. The molecule has 2 unspecified atom stereocenters. The third-order valence-corrected chi connectivity index (χ3v) is 6.35. The van der Waals surface area contributed by atoms with Crippen LogP contribution in [-0.4, -0.2) is 49.6 Å². The molecule has 158 valence electrons. The monoisotopic (exact) mass is 420 g/mol. The Morgan fingerprint density at radius 3 is 2.69 bits per heavy atom. The van der Waals surface area contributed by atoms with E-state index in [0.717, 1.165) is 24.2 Å². The van der Waals surface area contributed by atoms with Gasteiger partial charge >= 0.3 is 6.03 Å². The minimum absolute atomic E-state index is 0.0445. The number of carbonyl (C=O) groups excluding carboxylic acids is 3. The molecule has 10 heteroatoms. The summed E-state index contributed by atoms with van der Waals surface area (Å²) >= 11 is 5.24. The number of rotatable bonds is 5. The number of hydrogen-bond donors (Lipinski definition) is 3. The summed E-state index contributed by atoms with van der Waals surface area (Å²) in [5.74, 6) is 0.284. The molecular weight excluding hydrogens is 392 g/mol. The Balaban J connectivity index is 1.40. The summed E-state index contributed by atoms with van der Waals surface area (Å²) in [6.07, 6.45) is 4.30. The van der Waals surface area contributed by atoms with E-state index in [9.17, 15) is 14.4 Å². The van der Waals surface area contributed by atoms with Crippen LogP contribution in [0.3, 0.4) is 0 Å². The van der Waals surface area contributed by atoms with Gasteiger partial charge in [0.25, 0.3) is 5.91 Å². The predicted octanol–water partition coefficient (Wildman–Crippen LogP) is 2.03. The van der Waals surface area contributed by atoms with Gasteiger partial charge in [0.15, 0.2) is 10.6 Å². The summed E-state index contributed by atoms with van der Waals surface area (Å²) in [5.41, 5.74) is -0.940. The van der Waals surface area contributed by atoms with Crippen LogP contribution in [0.4, 0.5) is 4.79 Å². The van der Waals surface area contributed by atoms with Crippen molar-refractivity contribution in [2.24, 2.45) is 11.3 Å². The molecule has 2 saturated carbocycles. The number of hydrogen-bond acceptors (Lipinski definition) is 5. The number of H-pyrrole nitrogens is 1. The van der Waals surface area contributed by atoms with E-state index in [0.29, 0.717) is 35.4 Å². The Morgan fingerprint density at radius 1 is 1.31 bits per heavy atom. The quantitative estimate of drug-likeness (QED) is 0.498. The Kier molecular flexibility index (Phi) is 4.79. The molecular formula is C19H28N6O3S. The van der Waals surface area contributed by atoms with Crippen LogP contribution in [0.2, 0.25) is 0 Å². The van der Waals surface area contributed by atoms with Crippen LogP contribution in [-0.2, 0) is 16.1 Å². The molecule has 1 aromatic heterocycles. The molecule has 1 saturated heterocycles. The summed E-state index contributed by atoms with van der Waals surface area (Å²) in [4.78, 5) is 39.2. The summed E-state index contributed by atoms with van der Waals surface area (Å²) in [6, 6.07) is -0.147. The van der Waals surface area contributed by atoms with Gasteiger partial charge in [0.05, 0.1) is 6.54 Å². The van der Waals surface area contributed by atoms with Crippen molar-refractivity contribution in [3.63, 3.8) is 0 Å². The highest BCUT2D eigenvalue weighted by Crippen LogP contribution is 2.46. The van der Waals surface area contributed by atoms with Crippen LogP contribution in [0.5, 0.6) is 0 Å². The van der Waals surface area contributed by atoms with E-state index in [1.165, 1.54) is 0 Å². The molecule has 9 nitrogen and oxygen atoms in total. The molecule has 1 aliphatic heterocycles. The number of carbonyl (C=O) groups is 3. The van der Waals surface area contributed by atoms with Crippen molar-refractivity contribution in [1.82, 2.24) is 30.3 Å². The predicted molar refractivity (Wildman–Crippen MR) is 107 cm³/mol. The highest BCUT2D eigenvalue weighted by atomic mass is 32.1. The van der Waals surface area contributed by atoms with Gasteiger partial charge in [-0.1, -0.05) is 20.8 Å². The highest BCUT2D eigenvalue weighted by Gasteiger charge is 2.56. The summed E-state index contributed by atoms with van der Waals surface area (Å²) in [7, 11) is 0. The number of aromatic amines is 1. The van der Waals surface area contributed by atoms with Crippen LogP contribution in [0.25, 0.3) is 0 Å². The topological polar surface area (TPSA) is 112 Å². The van der Waals surface area contributed by atoms with Gasteiger partial charge < -0.3 is 10.6 Å². The fourth-order valence-electron chi connectivity index (χ4n) is 5.20. The first-order valence-electron chi connectivity index (χ1n) is 10.2. The minimum Gasteiger partial charge on any atom is -0.347 e. The van der Waals surface area contributed by atoms with Crippen LogP contribution in [0.1, 0.15) is 64.7 Å². The first kappa shape index (κ1) is 20.1. The van der Waals surface area contributed by atoms with Crippen molar-refractivity contribution in [1.29, 1.82) is 0 Å². The molecule has 29 heavy (non-hydrogen) atoms. The Labute approximate surface area is 174 Å². The number of aromatic nitrogens is 3. The van der Waals surface area contributed by atoms with Gasteiger partial charge in [-0.3, -0.25) is 24.2 Å². The zero-order chi connectivity index (χ0) is 21.0. The Bertz CT molecular complexity index is 917. The van der Waals surface area contributed by atoms with E-state index in [2.05, 4.69) is 41.6 Å². The molecule has 4 rings (SSSR count). The molecule has 2 aliphatic carbocycles. The van der Waals surface area contributed by atoms with Gasteiger partial charge in [-0.2, -0.15) is 5.10 Å². The molecule has 0 aromatic carbocycles. The Morgan fingerprint density at radius 2 is 2.03 bits per heavy atom. The van der Waals surface area contributed by atoms with Crippen LogP contribution in [0.15, 0.2) is 0 Å². The van der Waals surface area contributed by atoms with Crippen molar-refractivity contribution in [2.75, 3.05) is 6.54 Å². The van der Waals surface area contributed by atoms with E-state index in [4.69, 9.17) is 12.2 Å². The lowest BCUT2D eigenvalue weighted by Gasteiger charge is -2.43. The summed E-state index contributed by atoms with van der Waals surface area (Å²) < 4.78 is 2.46. The smallest absolute Gasteiger partial charge is 0.325 e. The normalized spacial score (nSPS) is 28.7. The summed E-state index contributed by atoms with van der Waals surface area (Å²) in [5, 5.41) is 12.6. The zero-order valence-electron chi connectivity index (χ0n) is 17.1. The second kappa shape index (κ2) is 6.93. The standard InChI is InChI=1S/C19H28N6O3S/c1-11-6-18(2,3)10-19(7-11)15(27)24(16(28)21-19)9-14(26)20-8-13-22-23-17(29)25(13)12-4-5-12/h11-12H,4-10H2,1-3H3,(H,20,26)(H,21,28)(H,23,29). The van der Waals surface area contributed by atoms with Crippen molar-refractivity contribution in [2.45, 2.75) is 71.0 Å². The molecule has 0 bridgehead atoms. The molecule has 3 aliphatic rings. The second-order valence-corrected chi connectivity index (χ2v) is 9.97. The summed E-state index contributed by atoms with van der Waals surface area (Å²) in [6.45, 7) is 6.23. The third kappa shape index (κ3) is 3.82. The molecule has 2 heterocycles.